The summed E-state index contributed by atoms with van der Waals surface area (Å²) < 4.78 is 35.5. The minimum atomic E-state index is -4.07. The minimum Gasteiger partial charge on any atom is -0.449 e. The van der Waals surface area contributed by atoms with Crippen LogP contribution in [-0.2, 0) is 34.1 Å². The van der Waals surface area contributed by atoms with Gasteiger partial charge in [0.1, 0.15) is 4.21 Å². The molecule has 0 bridgehead atoms. The van der Waals surface area contributed by atoms with Crippen LogP contribution in [0.15, 0.2) is 53.3 Å². The third-order valence-corrected chi connectivity index (χ3v) is 8.01. The highest BCUT2D eigenvalue weighted by Crippen LogP contribution is 2.36. The first-order valence-electron chi connectivity index (χ1n) is 11.2. The molecule has 33 heavy (non-hydrogen) atoms. The number of rotatable bonds is 11. The second-order valence-corrected chi connectivity index (χ2v) is 11.4. The number of imidazole rings is 1. The van der Waals surface area contributed by atoms with E-state index in [1.54, 1.807) is 12.5 Å². The number of amides is 1. The van der Waals surface area contributed by atoms with Gasteiger partial charge in [0.15, 0.2) is 0 Å². The Morgan fingerprint density at radius 1 is 1.27 bits per heavy atom. The average Bonchev–Trinajstić information content (AvgIpc) is 3.42. The smallest absolute Gasteiger partial charge is 0.421 e. The summed E-state index contributed by atoms with van der Waals surface area (Å²) in [6, 6.07) is 9.80. The molecule has 0 spiro atoms. The van der Waals surface area contributed by atoms with Crippen molar-refractivity contribution in [1.29, 1.82) is 0 Å². The molecule has 0 aliphatic heterocycles. The highest BCUT2D eigenvalue weighted by Gasteiger charge is 2.26. The molecule has 178 valence electrons. The Bertz CT molecular complexity index is 1150. The molecule has 0 aliphatic rings. The van der Waals surface area contributed by atoms with Crippen molar-refractivity contribution in [3.63, 3.8) is 0 Å². The number of nitrogens with zero attached hydrogens (tertiary/aromatic N) is 2. The van der Waals surface area contributed by atoms with Crippen LogP contribution in [0.4, 0.5) is 4.79 Å². The van der Waals surface area contributed by atoms with Crippen LogP contribution in [0, 0.1) is 5.92 Å². The van der Waals surface area contributed by atoms with E-state index in [0.29, 0.717) is 17.9 Å². The fourth-order valence-corrected chi connectivity index (χ4v) is 6.23. The van der Waals surface area contributed by atoms with Crippen LogP contribution in [0.2, 0.25) is 0 Å². The van der Waals surface area contributed by atoms with Crippen LogP contribution >= 0.6 is 11.3 Å². The Hall–Kier alpha value is -2.65. The molecular weight excluding hydrogens is 458 g/mol. The van der Waals surface area contributed by atoms with Crippen molar-refractivity contribution < 1.29 is 17.9 Å². The normalized spacial score (nSPS) is 11.6. The summed E-state index contributed by atoms with van der Waals surface area (Å²) in [5.74, 6) is 0.375. The molecule has 2 heterocycles. The molecule has 0 fully saturated rings. The molecule has 1 aromatic carbocycles. The molecule has 0 saturated carbocycles. The maximum Gasteiger partial charge on any atom is 0.421 e. The first-order chi connectivity index (χ1) is 15.8. The number of aryl methyl sites for hydroxylation is 2. The van der Waals surface area contributed by atoms with E-state index in [4.69, 9.17) is 4.74 Å². The lowest BCUT2D eigenvalue weighted by Crippen LogP contribution is -2.31. The number of ether oxygens (including phenoxy) is 1. The molecule has 7 nitrogen and oxygen atoms in total. The number of unbranched alkanes of at least 4 members (excludes halogenated alkanes) is 1. The molecule has 0 unspecified atom stereocenters. The number of benzene rings is 1. The molecule has 0 radical (unpaired) electrons. The third kappa shape index (κ3) is 7.17. The van der Waals surface area contributed by atoms with Gasteiger partial charge in [-0.15, -0.1) is 11.3 Å². The van der Waals surface area contributed by atoms with Gasteiger partial charge in [-0.1, -0.05) is 51.5 Å². The van der Waals surface area contributed by atoms with E-state index >= 15 is 0 Å². The Balaban J connectivity index is 1.88. The highest BCUT2D eigenvalue weighted by atomic mass is 32.2. The zero-order valence-electron chi connectivity index (χ0n) is 19.3. The van der Waals surface area contributed by atoms with Crippen molar-refractivity contribution in [3.05, 3.63) is 59.5 Å². The number of hydrogen-bond donors (Lipinski definition) is 1. The van der Waals surface area contributed by atoms with Gasteiger partial charge in [0, 0.05) is 29.4 Å². The second kappa shape index (κ2) is 11.5. The van der Waals surface area contributed by atoms with E-state index in [0.717, 1.165) is 41.8 Å². The molecule has 1 N–H and O–H groups in total. The van der Waals surface area contributed by atoms with Crippen molar-refractivity contribution >= 4 is 27.5 Å². The summed E-state index contributed by atoms with van der Waals surface area (Å²) in [6.07, 6.45) is 7.57. The zero-order valence-corrected chi connectivity index (χ0v) is 20.9. The maximum atomic E-state index is 13.1. The first-order valence-corrected chi connectivity index (χ1v) is 13.5. The van der Waals surface area contributed by atoms with E-state index in [1.165, 1.54) is 11.3 Å². The van der Waals surface area contributed by atoms with Gasteiger partial charge in [-0.2, -0.15) is 0 Å². The molecule has 9 heteroatoms. The zero-order chi connectivity index (χ0) is 23.8. The van der Waals surface area contributed by atoms with Crippen molar-refractivity contribution in [2.24, 2.45) is 5.92 Å². The summed E-state index contributed by atoms with van der Waals surface area (Å²) >= 11 is 1.21. The number of nitrogens with one attached hydrogen (secondary N) is 1. The van der Waals surface area contributed by atoms with Crippen LogP contribution in [-0.4, -0.2) is 30.7 Å². The van der Waals surface area contributed by atoms with Gasteiger partial charge in [-0.3, -0.25) is 0 Å². The Morgan fingerprint density at radius 2 is 2.09 bits per heavy atom. The van der Waals surface area contributed by atoms with Gasteiger partial charge in [-0.05, 0) is 42.4 Å². The average molecular weight is 490 g/mol. The van der Waals surface area contributed by atoms with Gasteiger partial charge in [-0.25, -0.2) is 22.9 Å². The minimum absolute atomic E-state index is 0.136. The lowest BCUT2D eigenvalue weighted by atomic mass is 10.0. The van der Waals surface area contributed by atoms with Gasteiger partial charge < -0.3 is 9.30 Å². The van der Waals surface area contributed by atoms with Crippen molar-refractivity contribution in [2.75, 3.05) is 6.61 Å². The number of aromatic nitrogens is 2. The number of sulfonamides is 1. The molecule has 3 rings (SSSR count). The molecule has 0 saturated heterocycles. The van der Waals surface area contributed by atoms with Crippen LogP contribution in [0.3, 0.4) is 0 Å². The highest BCUT2D eigenvalue weighted by molar-refractivity contribution is 7.92. The second-order valence-electron chi connectivity index (χ2n) is 8.36. The van der Waals surface area contributed by atoms with E-state index in [2.05, 4.69) is 23.6 Å². The molecule has 0 aliphatic carbocycles. The third-order valence-electron chi connectivity index (χ3n) is 5.01. The molecule has 2 aromatic heterocycles. The van der Waals surface area contributed by atoms with Crippen molar-refractivity contribution in [1.82, 2.24) is 14.3 Å². The maximum absolute atomic E-state index is 13.1. The van der Waals surface area contributed by atoms with Crippen LogP contribution in [0.1, 0.15) is 44.1 Å². The Kier molecular flexibility index (Phi) is 8.68. The number of hydrogen-bond acceptors (Lipinski definition) is 6. The number of carbonyl (C=O) groups excluding carboxylic acids is 1. The number of thiophene rings is 1. The lowest BCUT2D eigenvalue weighted by molar-refractivity contribution is 0.151. The van der Waals surface area contributed by atoms with E-state index in [9.17, 15) is 13.2 Å². The predicted molar refractivity (Wildman–Crippen MR) is 131 cm³/mol. The van der Waals surface area contributed by atoms with Crippen molar-refractivity contribution in [3.8, 4) is 11.1 Å². The first kappa shape index (κ1) is 25.0. The predicted octanol–water partition coefficient (Wildman–Crippen LogP) is 5.27. The van der Waals surface area contributed by atoms with Crippen LogP contribution < -0.4 is 4.72 Å². The van der Waals surface area contributed by atoms with E-state index < -0.39 is 16.1 Å². The Labute approximate surface area is 199 Å². The fourth-order valence-electron chi connectivity index (χ4n) is 3.39. The Morgan fingerprint density at radius 3 is 2.79 bits per heavy atom. The van der Waals surface area contributed by atoms with Crippen LogP contribution in [0.5, 0.6) is 0 Å². The largest absolute Gasteiger partial charge is 0.449 e. The quantitative estimate of drug-likeness (QED) is 0.371. The summed E-state index contributed by atoms with van der Waals surface area (Å²) in [6.45, 7) is 7.12. The molecular formula is C24H31N3O4S2. The standard InChI is InChI=1S/C24H31N3O4S2/c1-4-5-13-31-24(28)26-33(29,30)23-22(16-21(32-23)14-18(2)3)20-8-6-7-19(15-20)9-11-27-12-10-25-17-27/h6-8,10,12,15-18H,4-5,9,11,13-14H2,1-3H3,(H,26,28). The summed E-state index contributed by atoms with van der Waals surface area (Å²) in [4.78, 5) is 17.1. The monoisotopic (exact) mass is 489 g/mol. The molecule has 3 aromatic rings. The summed E-state index contributed by atoms with van der Waals surface area (Å²) in [5.41, 5.74) is 2.51. The van der Waals surface area contributed by atoms with E-state index in [1.807, 2.05) is 48.0 Å². The van der Waals surface area contributed by atoms with Gasteiger partial charge in [0.05, 0.1) is 12.9 Å². The van der Waals surface area contributed by atoms with Gasteiger partial charge >= 0.3 is 6.09 Å². The van der Waals surface area contributed by atoms with E-state index in [-0.39, 0.29) is 10.8 Å². The van der Waals surface area contributed by atoms with Crippen LogP contribution in [0.25, 0.3) is 11.1 Å². The lowest BCUT2D eigenvalue weighted by Gasteiger charge is -2.10. The fraction of sp³-hybridized carbons (Fsp3) is 0.417. The molecule has 1 amide bonds. The van der Waals surface area contributed by atoms with Gasteiger partial charge in [0.25, 0.3) is 10.0 Å². The SMILES string of the molecule is CCCCOC(=O)NS(=O)(=O)c1sc(CC(C)C)cc1-c1cccc(CCn2ccnc2)c1. The van der Waals surface area contributed by atoms with Crippen molar-refractivity contribution in [2.45, 2.75) is 57.2 Å². The topological polar surface area (TPSA) is 90.3 Å². The molecule has 0 atom stereocenters. The van der Waals surface area contributed by atoms with Gasteiger partial charge in [0.2, 0.25) is 0 Å². The number of carbonyl (C=O) groups is 1. The summed E-state index contributed by atoms with van der Waals surface area (Å²) in [7, 11) is -4.07. The summed E-state index contributed by atoms with van der Waals surface area (Å²) in [5, 5.41) is 0.